The predicted molar refractivity (Wildman–Crippen MR) is 110 cm³/mol. The van der Waals surface area contributed by atoms with Crippen LogP contribution in [0.5, 0.6) is 0 Å². The topological polar surface area (TPSA) is 72.2 Å². The number of nitrogens with two attached hydrogens (primary N) is 1. The lowest BCUT2D eigenvalue weighted by atomic mass is 9.88. The number of aryl methyl sites for hydroxylation is 1. The number of anilines is 1. The molecular formula is C21H23ClN2O2S. The van der Waals surface area contributed by atoms with Crippen LogP contribution in [0.4, 0.5) is 5.00 Å². The Morgan fingerprint density at radius 3 is 2.44 bits per heavy atom. The van der Waals surface area contributed by atoms with E-state index in [2.05, 4.69) is 5.32 Å². The predicted octanol–water partition coefficient (Wildman–Crippen LogP) is 5.10. The number of amides is 2. The number of rotatable bonds is 4. The number of thiophene rings is 1. The fraction of sp³-hybridized carbons (Fsp3) is 0.429. The Kier molecular flexibility index (Phi) is 5.24. The molecule has 1 saturated carbocycles. The third kappa shape index (κ3) is 3.63. The number of carbonyl (C=O) groups is 2. The van der Waals surface area contributed by atoms with E-state index in [0.29, 0.717) is 15.6 Å². The highest BCUT2D eigenvalue weighted by molar-refractivity contribution is 7.17. The molecule has 3 N–H and O–H groups in total. The lowest BCUT2D eigenvalue weighted by molar-refractivity contribution is -0.120. The minimum atomic E-state index is -0.465. The molecule has 27 heavy (non-hydrogen) atoms. The maximum absolute atomic E-state index is 12.7. The number of fused-ring (bicyclic) bond motifs is 1. The molecule has 6 heteroatoms. The van der Waals surface area contributed by atoms with Gasteiger partial charge < -0.3 is 11.1 Å². The van der Waals surface area contributed by atoms with Crippen molar-refractivity contribution >= 4 is 39.8 Å². The number of nitrogens with one attached hydrogen (secondary N) is 1. The van der Waals surface area contributed by atoms with Crippen LogP contribution in [-0.2, 0) is 11.2 Å². The minimum absolute atomic E-state index is 0.0279. The second-order valence-electron chi connectivity index (χ2n) is 7.47. The lowest BCUT2D eigenvalue weighted by Crippen LogP contribution is -2.26. The minimum Gasteiger partial charge on any atom is -0.365 e. The van der Waals surface area contributed by atoms with E-state index in [0.717, 1.165) is 54.5 Å². The van der Waals surface area contributed by atoms with Crippen LogP contribution in [0.3, 0.4) is 0 Å². The van der Waals surface area contributed by atoms with Gasteiger partial charge >= 0.3 is 0 Å². The van der Waals surface area contributed by atoms with E-state index >= 15 is 0 Å². The van der Waals surface area contributed by atoms with E-state index in [-0.39, 0.29) is 17.7 Å². The first-order valence-corrected chi connectivity index (χ1v) is 10.8. The van der Waals surface area contributed by atoms with Crippen LogP contribution in [0.25, 0.3) is 0 Å². The Labute approximate surface area is 168 Å². The van der Waals surface area contributed by atoms with Crippen molar-refractivity contribution in [2.24, 2.45) is 11.7 Å². The van der Waals surface area contributed by atoms with Crippen molar-refractivity contribution in [3.8, 4) is 0 Å². The van der Waals surface area contributed by atoms with Crippen LogP contribution in [0.2, 0.25) is 5.02 Å². The molecule has 1 heterocycles. The Hall–Kier alpha value is -1.85. The molecule has 4 rings (SSSR count). The van der Waals surface area contributed by atoms with Crippen LogP contribution >= 0.6 is 22.9 Å². The highest BCUT2D eigenvalue weighted by Crippen LogP contribution is 2.47. The van der Waals surface area contributed by atoms with Crippen molar-refractivity contribution in [1.82, 2.24) is 0 Å². The Balaban J connectivity index is 1.65. The number of benzene rings is 1. The van der Waals surface area contributed by atoms with E-state index in [1.165, 1.54) is 17.8 Å². The third-order valence-electron chi connectivity index (χ3n) is 5.76. The smallest absolute Gasteiger partial charge is 0.252 e. The first kappa shape index (κ1) is 18.5. The molecule has 2 aliphatic carbocycles. The third-order valence-corrected chi connectivity index (χ3v) is 7.19. The molecule has 1 aromatic carbocycles. The molecule has 2 amide bonds. The van der Waals surface area contributed by atoms with Gasteiger partial charge in [-0.2, -0.15) is 0 Å². The highest BCUT2D eigenvalue weighted by atomic mass is 35.5. The van der Waals surface area contributed by atoms with Gasteiger partial charge in [-0.3, -0.25) is 9.59 Å². The van der Waals surface area contributed by atoms with Gasteiger partial charge in [-0.1, -0.05) is 43.0 Å². The van der Waals surface area contributed by atoms with Gasteiger partial charge in [0, 0.05) is 21.7 Å². The molecular weight excluding hydrogens is 380 g/mol. The standard InChI is InChI=1S/C21H23ClN2O2S/c22-14-8-6-12(7-9-14)15-10-11-16-17(15)18(19(23)25)21(27-16)24-20(26)13-4-2-1-3-5-13/h6-9,13,15H,1-5,10-11H2,(H2,23,25)(H,24,26). The Morgan fingerprint density at radius 2 is 1.78 bits per heavy atom. The quantitative estimate of drug-likeness (QED) is 0.746. The second kappa shape index (κ2) is 7.64. The van der Waals surface area contributed by atoms with Crippen molar-refractivity contribution < 1.29 is 9.59 Å². The summed E-state index contributed by atoms with van der Waals surface area (Å²) in [5, 5.41) is 4.35. The summed E-state index contributed by atoms with van der Waals surface area (Å²) in [4.78, 5) is 26.1. The zero-order valence-corrected chi connectivity index (χ0v) is 16.7. The fourth-order valence-corrected chi connectivity index (χ4v) is 5.82. The maximum atomic E-state index is 12.7. The molecule has 2 aliphatic rings. The monoisotopic (exact) mass is 402 g/mol. The summed E-state index contributed by atoms with van der Waals surface area (Å²) in [7, 11) is 0. The van der Waals surface area contributed by atoms with Crippen molar-refractivity contribution in [1.29, 1.82) is 0 Å². The van der Waals surface area contributed by atoms with Gasteiger partial charge in [0.15, 0.2) is 0 Å². The van der Waals surface area contributed by atoms with Crippen LogP contribution in [0.1, 0.15) is 70.8 Å². The summed E-state index contributed by atoms with van der Waals surface area (Å²) in [5.74, 6) is -0.271. The number of halogens is 1. The van der Waals surface area contributed by atoms with Crippen molar-refractivity contribution in [2.45, 2.75) is 50.9 Å². The maximum Gasteiger partial charge on any atom is 0.252 e. The van der Waals surface area contributed by atoms with E-state index in [9.17, 15) is 9.59 Å². The van der Waals surface area contributed by atoms with E-state index < -0.39 is 5.91 Å². The zero-order valence-electron chi connectivity index (χ0n) is 15.1. The van der Waals surface area contributed by atoms with Gasteiger partial charge in [-0.05, 0) is 48.9 Å². The molecule has 0 spiro atoms. The molecule has 0 radical (unpaired) electrons. The van der Waals surface area contributed by atoms with Crippen LogP contribution in [0.15, 0.2) is 24.3 Å². The molecule has 0 saturated heterocycles. The number of hydrogen-bond acceptors (Lipinski definition) is 3. The first-order valence-electron chi connectivity index (χ1n) is 9.56. The molecule has 1 atom stereocenters. The summed E-state index contributed by atoms with van der Waals surface area (Å²) in [5.41, 5.74) is 8.37. The summed E-state index contributed by atoms with van der Waals surface area (Å²) < 4.78 is 0. The molecule has 2 aromatic rings. The van der Waals surface area contributed by atoms with Gasteiger partial charge in [0.05, 0.1) is 5.56 Å². The van der Waals surface area contributed by atoms with Gasteiger partial charge in [-0.15, -0.1) is 11.3 Å². The largest absolute Gasteiger partial charge is 0.365 e. The van der Waals surface area contributed by atoms with Gasteiger partial charge in [0.1, 0.15) is 5.00 Å². The number of primary amides is 1. The molecule has 4 nitrogen and oxygen atoms in total. The van der Waals surface area contributed by atoms with Crippen molar-refractivity contribution in [3.05, 3.63) is 50.9 Å². The lowest BCUT2D eigenvalue weighted by Gasteiger charge is -2.21. The molecule has 142 valence electrons. The van der Waals surface area contributed by atoms with E-state index in [4.69, 9.17) is 17.3 Å². The van der Waals surface area contributed by atoms with Crippen molar-refractivity contribution in [2.75, 3.05) is 5.32 Å². The number of hydrogen-bond donors (Lipinski definition) is 2. The van der Waals surface area contributed by atoms with Gasteiger partial charge in [0.2, 0.25) is 5.91 Å². The van der Waals surface area contributed by atoms with Crippen LogP contribution < -0.4 is 11.1 Å². The zero-order chi connectivity index (χ0) is 19.0. The fourth-order valence-electron chi connectivity index (χ4n) is 4.40. The average molecular weight is 403 g/mol. The molecule has 0 bridgehead atoms. The number of carbonyl (C=O) groups excluding carboxylic acids is 2. The van der Waals surface area contributed by atoms with Gasteiger partial charge in [-0.25, -0.2) is 0 Å². The molecule has 0 aliphatic heterocycles. The Bertz CT molecular complexity index is 869. The molecule has 1 fully saturated rings. The average Bonchev–Trinajstić information content (AvgIpc) is 3.21. The summed E-state index contributed by atoms with van der Waals surface area (Å²) in [6.07, 6.45) is 7.09. The first-order chi connectivity index (χ1) is 13.0. The van der Waals surface area contributed by atoms with E-state index in [1.54, 1.807) is 0 Å². The highest BCUT2D eigenvalue weighted by Gasteiger charge is 2.34. The second-order valence-corrected chi connectivity index (χ2v) is 9.02. The summed E-state index contributed by atoms with van der Waals surface area (Å²) in [6, 6.07) is 7.75. The van der Waals surface area contributed by atoms with Gasteiger partial charge in [0.25, 0.3) is 5.91 Å². The SMILES string of the molecule is NC(=O)c1c(NC(=O)C2CCCCC2)sc2c1C(c1ccc(Cl)cc1)CC2. The van der Waals surface area contributed by atoms with Crippen LogP contribution in [0, 0.1) is 5.92 Å². The molecule has 1 aromatic heterocycles. The summed E-state index contributed by atoms with van der Waals surface area (Å²) in [6.45, 7) is 0. The summed E-state index contributed by atoms with van der Waals surface area (Å²) >= 11 is 7.53. The van der Waals surface area contributed by atoms with E-state index in [1.807, 2.05) is 24.3 Å². The van der Waals surface area contributed by atoms with Crippen molar-refractivity contribution in [3.63, 3.8) is 0 Å². The Morgan fingerprint density at radius 1 is 1.07 bits per heavy atom. The molecule has 1 unspecified atom stereocenters. The van der Waals surface area contributed by atoms with Crippen LogP contribution in [-0.4, -0.2) is 11.8 Å². The normalized spacial score (nSPS) is 19.7.